The molecule has 1 rings (SSSR count). The van der Waals surface area contributed by atoms with Gasteiger partial charge in [-0.2, -0.15) is 5.10 Å². The fourth-order valence-electron chi connectivity index (χ4n) is 1.53. The second-order valence-electron chi connectivity index (χ2n) is 4.82. The number of halogens is 1. The molecule has 0 amide bonds. The zero-order valence-corrected chi connectivity index (χ0v) is 11.6. The summed E-state index contributed by atoms with van der Waals surface area (Å²) in [4.78, 5) is 11.6. The van der Waals surface area contributed by atoms with E-state index >= 15 is 0 Å². The highest BCUT2D eigenvalue weighted by atomic mass is 35.5. The maximum atomic E-state index is 11.6. The lowest BCUT2D eigenvalue weighted by molar-refractivity contribution is 0.527. The second kappa shape index (κ2) is 6.05. The number of hydrogen-bond acceptors (Lipinski definition) is 3. The van der Waals surface area contributed by atoms with E-state index < -0.39 is 0 Å². The average Bonchev–Trinajstić information content (AvgIpc) is 2.27. The van der Waals surface area contributed by atoms with Crippen molar-refractivity contribution in [3.63, 3.8) is 0 Å². The molecule has 0 aromatic carbocycles. The summed E-state index contributed by atoms with van der Waals surface area (Å²) in [6, 6.07) is 0.281. The molecule has 1 N–H and O–H groups in total. The van der Waals surface area contributed by atoms with Crippen molar-refractivity contribution < 1.29 is 0 Å². The third-order valence-electron chi connectivity index (χ3n) is 2.66. The third-order valence-corrected chi connectivity index (χ3v) is 3.02. The van der Waals surface area contributed by atoms with E-state index in [-0.39, 0.29) is 16.6 Å². The van der Waals surface area contributed by atoms with Crippen molar-refractivity contribution in [2.75, 3.05) is 5.32 Å². The predicted molar refractivity (Wildman–Crippen MR) is 71.6 cm³/mol. The molecule has 5 heteroatoms. The molecule has 1 atom stereocenters. The normalized spacial score (nSPS) is 12.8. The molecule has 0 saturated carbocycles. The number of hydrogen-bond donors (Lipinski definition) is 1. The number of nitrogens with zero attached hydrogens (tertiary/aromatic N) is 2. The average molecular weight is 258 g/mol. The van der Waals surface area contributed by atoms with E-state index in [0.717, 1.165) is 12.8 Å². The Balaban J connectivity index is 2.69. The summed E-state index contributed by atoms with van der Waals surface area (Å²) in [7, 11) is 1.58. The smallest absolute Gasteiger partial charge is 0.287 e. The largest absolute Gasteiger partial charge is 0.380 e. The summed E-state index contributed by atoms with van der Waals surface area (Å²) >= 11 is 5.97. The summed E-state index contributed by atoms with van der Waals surface area (Å²) < 4.78 is 1.23. The SMILES string of the molecule is CC(C)CCC(C)Nc1cnn(C)c(=O)c1Cl. The number of nitrogens with one attached hydrogen (secondary N) is 1. The minimum Gasteiger partial charge on any atom is -0.380 e. The van der Waals surface area contributed by atoms with Crippen LogP contribution in [0.4, 0.5) is 5.69 Å². The van der Waals surface area contributed by atoms with E-state index in [1.165, 1.54) is 4.68 Å². The van der Waals surface area contributed by atoms with Gasteiger partial charge in [-0.05, 0) is 25.7 Å². The Kier molecular flexibility index (Phi) is 5.00. The van der Waals surface area contributed by atoms with Gasteiger partial charge in [0.2, 0.25) is 0 Å². The van der Waals surface area contributed by atoms with Crippen molar-refractivity contribution in [1.82, 2.24) is 9.78 Å². The van der Waals surface area contributed by atoms with Crippen molar-refractivity contribution >= 4 is 17.3 Å². The summed E-state index contributed by atoms with van der Waals surface area (Å²) in [6.07, 6.45) is 3.78. The molecule has 0 radical (unpaired) electrons. The van der Waals surface area contributed by atoms with Crippen LogP contribution in [-0.2, 0) is 7.05 Å². The summed E-state index contributed by atoms with van der Waals surface area (Å²) in [5, 5.41) is 7.38. The number of aromatic nitrogens is 2. The van der Waals surface area contributed by atoms with Gasteiger partial charge in [-0.25, -0.2) is 4.68 Å². The Hall–Kier alpha value is -1.03. The van der Waals surface area contributed by atoms with Crippen molar-refractivity contribution in [2.24, 2.45) is 13.0 Å². The van der Waals surface area contributed by atoms with Crippen LogP contribution >= 0.6 is 11.6 Å². The summed E-state index contributed by atoms with van der Waals surface area (Å²) in [5.41, 5.74) is 0.346. The second-order valence-corrected chi connectivity index (χ2v) is 5.20. The maximum Gasteiger partial charge on any atom is 0.287 e. The fraction of sp³-hybridized carbons (Fsp3) is 0.667. The van der Waals surface area contributed by atoms with Crippen LogP contribution in [0.25, 0.3) is 0 Å². The molecule has 1 aromatic rings. The standard InChI is InChI=1S/C12H20ClN3O/c1-8(2)5-6-9(3)15-10-7-14-16(4)12(17)11(10)13/h7-9,15H,5-6H2,1-4H3. The Morgan fingerprint density at radius 1 is 1.41 bits per heavy atom. The molecule has 0 spiro atoms. The van der Waals surface area contributed by atoms with Crippen molar-refractivity contribution in [1.29, 1.82) is 0 Å². The van der Waals surface area contributed by atoms with Crippen molar-refractivity contribution in [3.05, 3.63) is 21.6 Å². The minimum atomic E-state index is -0.271. The first kappa shape index (κ1) is 14.0. The minimum absolute atomic E-state index is 0.207. The molecule has 0 saturated heterocycles. The molecule has 1 unspecified atom stereocenters. The van der Waals surface area contributed by atoms with Crippen LogP contribution in [0, 0.1) is 5.92 Å². The number of rotatable bonds is 5. The van der Waals surface area contributed by atoms with E-state index in [2.05, 4.69) is 31.2 Å². The first-order valence-electron chi connectivity index (χ1n) is 5.90. The molecule has 0 aliphatic carbocycles. The highest BCUT2D eigenvalue weighted by molar-refractivity contribution is 6.32. The van der Waals surface area contributed by atoms with E-state index in [1.807, 2.05) is 0 Å². The Morgan fingerprint density at radius 3 is 2.65 bits per heavy atom. The van der Waals surface area contributed by atoms with Gasteiger partial charge in [-0.3, -0.25) is 4.79 Å². The Morgan fingerprint density at radius 2 is 2.06 bits per heavy atom. The van der Waals surface area contributed by atoms with E-state index in [4.69, 9.17) is 11.6 Å². The monoisotopic (exact) mass is 257 g/mol. The van der Waals surface area contributed by atoms with Crippen LogP contribution in [0.5, 0.6) is 0 Å². The maximum absolute atomic E-state index is 11.6. The lowest BCUT2D eigenvalue weighted by Gasteiger charge is -2.16. The lowest BCUT2D eigenvalue weighted by atomic mass is 10.0. The molecular weight excluding hydrogens is 238 g/mol. The van der Waals surface area contributed by atoms with Gasteiger partial charge in [0.15, 0.2) is 0 Å². The van der Waals surface area contributed by atoms with Gasteiger partial charge in [-0.15, -0.1) is 0 Å². The topological polar surface area (TPSA) is 46.9 Å². The molecule has 0 fully saturated rings. The summed E-state index contributed by atoms with van der Waals surface area (Å²) in [6.45, 7) is 6.47. The summed E-state index contributed by atoms with van der Waals surface area (Å²) in [5.74, 6) is 0.677. The number of anilines is 1. The van der Waals surface area contributed by atoms with Gasteiger partial charge in [0.25, 0.3) is 5.56 Å². The Bertz CT molecular complexity index is 428. The van der Waals surface area contributed by atoms with E-state index in [1.54, 1.807) is 13.2 Å². The highest BCUT2D eigenvalue weighted by Gasteiger charge is 2.10. The fourth-order valence-corrected chi connectivity index (χ4v) is 1.76. The van der Waals surface area contributed by atoms with E-state index in [9.17, 15) is 4.79 Å². The van der Waals surface area contributed by atoms with Crippen LogP contribution in [0.3, 0.4) is 0 Å². The molecule has 17 heavy (non-hydrogen) atoms. The first-order valence-corrected chi connectivity index (χ1v) is 6.28. The lowest BCUT2D eigenvalue weighted by Crippen LogP contribution is -2.23. The Labute approximate surface area is 107 Å². The zero-order valence-electron chi connectivity index (χ0n) is 10.8. The van der Waals surface area contributed by atoms with Gasteiger partial charge in [0.1, 0.15) is 5.02 Å². The molecule has 0 aliphatic rings. The highest BCUT2D eigenvalue weighted by Crippen LogP contribution is 2.18. The van der Waals surface area contributed by atoms with Gasteiger partial charge < -0.3 is 5.32 Å². The first-order chi connectivity index (χ1) is 7.91. The van der Waals surface area contributed by atoms with Gasteiger partial charge in [-0.1, -0.05) is 25.4 Å². The quantitative estimate of drug-likeness (QED) is 0.882. The van der Waals surface area contributed by atoms with Crippen molar-refractivity contribution in [3.8, 4) is 0 Å². The van der Waals surface area contributed by atoms with Crippen LogP contribution in [0.2, 0.25) is 5.02 Å². The molecule has 4 nitrogen and oxygen atoms in total. The molecule has 0 aliphatic heterocycles. The predicted octanol–water partition coefficient (Wildman–Crippen LogP) is 2.67. The zero-order chi connectivity index (χ0) is 13.0. The number of aryl methyl sites for hydroxylation is 1. The third kappa shape index (κ3) is 4.04. The van der Waals surface area contributed by atoms with Gasteiger partial charge in [0, 0.05) is 13.1 Å². The van der Waals surface area contributed by atoms with Crippen LogP contribution < -0.4 is 10.9 Å². The van der Waals surface area contributed by atoms with Gasteiger partial charge in [0.05, 0.1) is 11.9 Å². The van der Waals surface area contributed by atoms with Gasteiger partial charge >= 0.3 is 0 Å². The molecule has 1 aromatic heterocycles. The van der Waals surface area contributed by atoms with Crippen LogP contribution in [-0.4, -0.2) is 15.8 Å². The van der Waals surface area contributed by atoms with Crippen molar-refractivity contribution in [2.45, 2.75) is 39.7 Å². The molecule has 0 bridgehead atoms. The van der Waals surface area contributed by atoms with Crippen LogP contribution in [0.15, 0.2) is 11.0 Å². The van der Waals surface area contributed by atoms with E-state index in [0.29, 0.717) is 11.6 Å². The molecule has 1 heterocycles. The molecular formula is C12H20ClN3O. The molecule has 96 valence electrons. The van der Waals surface area contributed by atoms with Crippen LogP contribution in [0.1, 0.15) is 33.6 Å².